The Hall–Kier alpha value is -1.85. The first-order valence-corrected chi connectivity index (χ1v) is 5.63. The van der Waals surface area contributed by atoms with Crippen molar-refractivity contribution in [3.8, 4) is 0 Å². The number of carbonyl (C=O) groups excluding carboxylic acids is 1. The fraction of sp³-hybridized carbons (Fsp3) is 0. The van der Waals surface area contributed by atoms with E-state index in [-0.39, 0.29) is 10.8 Å². The number of aromatic nitrogens is 2. The Labute approximate surface area is 113 Å². The number of nitrogens with zero attached hydrogens (tertiary/aromatic N) is 2. The van der Waals surface area contributed by atoms with Crippen LogP contribution in [0.25, 0.3) is 0 Å². The summed E-state index contributed by atoms with van der Waals surface area (Å²) in [6.45, 7) is 0. The van der Waals surface area contributed by atoms with Gasteiger partial charge in [0.05, 0.1) is 15.6 Å². The second-order valence-corrected chi connectivity index (χ2v) is 4.23. The lowest BCUT2D eigenvalue weighted by molar-refractivity contribution is -0.605. The molecule has 0 bridgehead atoms. The number of amides is 1. The molecular weight excluding hydrogens is 277 g/mol. The van der Waals surface area contributed by atoms with Crippen LogP contribution in [0.5, 0.6) is 0 Å². The minimum absolute atomic E-state index is 0.213. The number of hydrogen-bond donors (Lipinski definition) is 1. The van der Waals surface area contributed by atoms with E-state index in [2.05, 4.69) is 10.3 Å². The van der Waals surface area contributed by atoms with E-state index in [0.29, 0.717) is 15.3 Å². The van der Waals surface area contributed by atoms with E-state index in [4.69, 9.17) is 23.2 Å². The Morgan fingerprint density at radius 2 is 2.00 bits per heavy atom. The summed E-state index contributed by atoms with van der Waals surface area (Å²) >= 11 is 11.6. The summed E-state index contributed by atoms with van der Waals surface area (Å²) in [5.41, 5.74) is 0.329. The van der Waals surface area contributed by atoms with Crippen LogP contribution in [-0.4, -0.2) is 10.9 Å². The molecular formula is C11H7Cl2N3O2. The topological polar surface area (TPSA) is 68.9 Å². The van der Waals surface area contributed by atoms with Crippen molar-refractivity contribution in [1.82, 2.24) is 4.98 Å². The summed E-state index contributed by atoms with van der Waals surface area (Å²) in [7, 11) is 0. The molecule has 1 amide bonds. The zero-order valence-electron chi connectivity index (χ0n) is 8.93. The predicted molar refractivity (Wildman–Crippen MR) is 67.6 cm³/mol. The average molecular weight is 284 g/mol. The Balaban J connectivity index is 2.18. The Morgan fingerprint density at radius 3 is 2.61 bits per heavy atom. The molecule has 0 spiro atoms. The molecule has 0 unspecified atom stereocenters. The van der Waals surface area contributed by atoms with E-state index in [0.717, 1.165) is 0 Å². The monoisotopic (exact) mass is 283 g/mol. The number of hydrogen-bond acceptors (Lipinski definition) is 3. The Morgan fingerprint density at radius 1 is 1.33 bits per heavy atom. The van der Waals surface area contributed by atoms with E-state index in [1.165, 1.54) is 36.8 Å². The molecule has 0 saturated heterocycles. The lowest BCUT2D eigenvalue weighted by atomic mass is 10.2. The van der Waals surface area contributed by atoms with Crippen LogP contribution in [0.3, 0.4) is 0 Å². The van der Waals surface area contributed by atoms with Crippen LogP contribution in [-0.2, 0) is 0 Å². The van der Waals surface area contributed by atoms with Crippen LogP contribution >= 0.6 is 23.2 Å². The zero-order valence-corrected chi connectivity index (χ0v) is 10.4. The van der Waals surface area contributed by atoms with E-state index in [1.807, 2.05) is 0 Å². The number of nitrogens with one attached hydrogen (secondary N) is 1. The van der Waals surface area contributed by atoms with Crippen molar-refractivity contribution in [1.29, 1.82) is 0 Å². The molecule has 0 aliphatic heterocycles. The van der Waals surface area contributed by atoms with Crippen molar-refractivity contribution >= 4 is 34.9 Å². The quantitative estimate of drug-likeness (QED) is 0.679. The van der Waals surface area contributed by atoms with Gasteiger partial charge in [0, 0.05) is 18.3 Å². The van der Waals surface area contributed by atoms with E-state index < -0.39 is 5.91 Å². The molecule has 92 valence electrons. The van der Waals surface area contributed by atoms with Crippen LogP contribution < -0.4 is 10.0 Å². The lowest BCUT2D eigenvalue weighted by Crippen LogP contribution is -2.25. The second-order valence-electron chi connectivity index (χ2n) is 3.38. The van der Waals surface area contributed by atoms with Crippen LogP contribution in [0, 0.1) is 5.21 Å². The highest BCUT2D eigenvalue weighted by molar-refractivity contribution is 6.36. The van der Waals surface area contributed by atoms with Gasteiger partial charge in [0.2, 0.25) is 0 Å². The molecule has 0 fully saturated rings. The first kappa shape index (κ1) is 12.6. The normalized spacial score (nSPS) is 10.1. The van der Waals surface area contributed by atoms with Gasteiger partial charge in [0.25, 0.3) is 5.91 Å². The first-order chi connectivity index (χ1) is 8.56. The number of pyridine rings is 2. The summed E-state index contributed by atoms with van der Waals surface area (Å²) in [4.78, 5) is 15.7. The minimum atomic E-state index is -0.410. The maximum atomic E-state index is 11.8. The smallest absolute Gasteiger partial charge is 0.257 e. The summed E-state index contributed by atoms with van der Waals surface area (Å²) < 4.78 is 0.588. The Bertz CT molecular complexity index is 587. The number of rotatable bonds is 2. The fourth-order valence-corrected chi connectivity index (χ4v) is 1.68. The molecule has 0 saturated carbocycles. The molecule has 2 heterocycles. The van der Waals surface area contributed by atoms with Crippen molar-refractivity contribution < 1.29 is 9.52 Å². The molecule has 0 radical (unpaired) electrons. The average Bonchev–Trinajstić information content (AvgIpc) is 2.33. The SMILES string of the molecule is O=C(Nc1ncc(Cl)cc1Cl)c1cc[n+]([O-])cc1. The maximum absolute atomic E-state index is 11.8. The molecule has 7 heteroatoms. The van der Waals surface area contributed by atoms with E-state index in [9.17, 15) is 10.0 Å². The van der Waals surface area contributed by atoms with Crippen molar-refractivity contribution in [2.24, 2.45) is 0 Å². The molecule has 0 aliphatic rings. The van der Waals surface area contributed by atoms with Gasteiger partial charge < -0.3 is 10.5 Å². The predicted octanol–water partition coefficient (Wildman–Crippen LogP) is 2.27. The molecule has 2 rings (SSSR count). The molecule has 2 aromatic rings. The molecule has 5 nitrogen and oxygen atoms in total. The van der Waals surface area contributed by atoms with Gasteiger partial charge in [-0.2, -0.15) is 4.73 Å². The standard InChI is InChI=1S/C11H7Cl2N3O2/c12-8-5-9(13)10(14-6-8)15-11(17)7-1-3-16(18)4-2-7/h1-6H,(H,14,15,17). The number of anilines is 1. The lowest BCUT2D eigenvalue weighted by Gasteiger charge is -2.06. The fourth-order valence-electron chi connectivity index (χ4n) is 1.25. The van der Waals surface area contributed by atoms with Gasteiger partial charge in [0.15, 0.2) is 18.2 Å². The minimum Gasteiger partial charge on any atom is -0.619 e. The molecule has 0 atom stereocenters. The van der Waals surface area contributed by atoms with Crippen molar-refractivity contribution in [3.63, 3.8) is 0 Å². The van der Waals surface area contributed by atoms with Gasteiger partial charge in [-0.1, -0.05) is 23.2 Å². The van der Waals surface area contributed by atoms with Crippen LogP contribution in [0.15, 0.2) is 36.8 Å². The van der Waals surface area contributed by atoms with Gasteiger partial charge in [-0.25, -0.2) is 4.98 Å². The van der Waals surface area contributed by atoms with E-state index >= 15 is 0 Å². The summed E-state index contributed by atoms with van der Waals surface area (Å²) in [6.07, 6.45) is 3.83. The van der Waals surface area contributed by atoms with Gasteiger partial charge in [0.1, 0.15) is 0 Å². The largest absolute Gasteiger partial charge is 0.619 e. The number of halogens is 2. The summed E-state index contributed by atoms with van der Waals surface area (Å²) in [5, 5.41) is 14.0. The van der Waals surface area contributed by atoms with Crippen LogP contribution in [0.4, 0.5) is 5.82 Å². The number of carbonyl (C=O) groups is 1. The highest BCUT2D eigenvalue weighted by Crippen LogP contribution is 2.22. The zero-order chi connectivity index (χ0) is 13.1. The molecule has 0 aromatic carbocycles. The van der Waals surface area contributed by atoms with E-state index in [1.54, 1.807) is 0 Å². The van der Waals surface area contributed by atoms with Crippen molar-refractivity contribution in [2.75, 3.05) is 5.32 Å². The highest BCUT2D eigenvalue weighted by Gasteiger charge is 2.10. The van der Waals surface area contributed by atoms with Crippen molar-refractivity contribution in [2.45, 2.75) is 0 Å². The van der Waals surface area contributed by atoms with Gasteiger partial charge in [-0.05, 0) is 6.07 Å². The molecule has 0 aliphatic carbocycles. The third kappa shape index (κ3) is 2.88. The van der Waals surface area contributed by atoms with Crippen LogP contribution in [0.1, 0.15) is 10.4 Å². The molecule has 18 heavy (non-hydrogen) atoms. The van der Waals surface area contributed by atoms with Gasteiger partial charge >= 0.3 is 0 Å². The second kappa shape index (κ2) is 5.20. The summed E-state index contributed by atoms with van der Waals surface area (Å²) in [5.74, 6) is -0.197. The van der Waals surface area contributed by atoms with Gasteiger partial charge in [-0.15, -0.1) is 0 Å². The first-order valence-electron chi connectivity index (χ1n) is 4.87. The Kier molecular flexibility index (Phi) is 3.64. The molecule has 1 N–H and O–H groups in total. The summed E-state index contributed by atoms with van der Waals surface area (Å²) in [6, 6.07) is 4.26. The molecule has 2 aromatic heterocycles. The highest BCUT2D eigenvalue weighted by atomic mass is 35.5. The third-order valence-corrected chi connectivity index (χ3v) is 2.60. The van der Waals surface area contributed by atoms with Gasteiger partial charge in [-0.3, -0.25) is 4.79 Å². The van der Waals surface area contributed by atoms with Crippen LogP contribution in [0.2, 0.25) is 10.0 Å². The third-order valence-electron chi connectivity index (χ3n) is 2.10. The van der Waals surface area contributed by atoms with Crippen molar-refractivity contribution in [3.05, 3.63) is 57.6 Å². The maximum Gasteiger partial charge on any atom is 0.257 e.